The Bertz CT molecular complexity index is 383. The maximum Gasteiger partial charge on any atom is 0.228 e. The molecular weight excluding hydrogens is 220 g/mol. The summed E-state index contributed by atoms with van der Waals surface area (Å²) >= 11 is 0. The van der Waals surface area contributed by atoms with Crippen LogP contribution in [0.3, 0.4) is 0 Å². The number of aromatic nitrogens is 2. The van der Waals surface area contributed by atoms with E-state index in [0.29, 0.717) is 18.4 Å². The minimum absolute atomic E-state index is 0.000235. The number of hydrogen-bond donors (Lipinski definition) is 1. The van der Waals surface area contributed by atoms with Gasteiger partial charge in [0.25, 0.3) is 0 Å². The zero-order valence-electron chi connectivity index (χ0n) is 10.6. The fourth-order valence-corrected chi connectivity index (χ4v) is 1.45. The first-order valence-corrected chi connectivity index (χ1v) is 5.38. The number of nitrogens with one attached hydrogen (secondary N) is 1. The van der Waals surface area contributed by atoms with Crippen molar-refractivity contribution in [2.24, 2.45) is 5.92 Å². The van der Waals surface area contributed by atoms with E-state index in [1.165, 1.54) is 0 Å². The van der Waals surface area contributed by atoms with Gasteiger partial charge in [-0.25, -0.2) is 4.98 Å². The third-order valence-electron chi connectivity index (χ3n) is 2.41. The van der Waals surface area contributed by atoms with Crippen LogP contribution >= 0.6 is 0 Å². The number of amides is 1. The molecule has 0 bridgehead atoms. The second-order valence-corrected chi connectivity index (χ2v) is 3.79. The summed E-state index contributed by atoms with van der Waals surface area (Å²) in [5.74, 6) is 0.925. The second kappa shape index (κ2) is 6.03. The molecule has 0 aromatic carbocycles. The monoisotopic (exact) mass is 238 g/mol. The van der Waals surface area contributed by atoms with Crippen molar-refractivity contribution in [2.45, 2.75) is 6.92 Å². The maximum absolute atomic E-state index is 11.4. The largest absolute Gasteiger partial charge is 0.481 e. The van der Waals surface area contributed by atoms with Crippen molar-refractivity contribution in [3.05, 3.63) is 12.3 Å². The summed E-state index contributed by atoms with van der Waals surface area (Å²) in [6, 6.07) is 1.68. The van der Waals surface area contributed by atoms with Crippen LogP contribution in [-0.2, 0) is 4.79 Å². The number of hydrogen-bond acceptors (Lipinski definition) is 5. The van der Waals surface area contributed by atoms with E-state index >= 15 is 0 Å². The Labute approximate surface area is 101 Å². The molecule has 6 heteroatoms. The Balaban J connectivity index is 2.68. The third-order valence-corrected chi connectivity index (χ3v) is 2.41. The highest BCUT2D eigenvalue weighted by Gasteiger charge is 2.15. The van der Waals surface area contributed by atoms with Crippen LogP contribution in [0.5, 0.6) is 5.88 Å². The molecule has 1 amide bonds. The Hall–Kier alpha value is -1.85. The molecule has 94 valence electrons. The summed E-state index contributed by atoms with van der Waals surface area (Å²) in [7, 11) is 5.02. The van der Waals surface area contributed by atoms with Gasteiger partial charge in [-0.1, -0.05) is 6.92 Å². The number of rotatable bonds is 5. The number of ether oxygens (including phenoxy) is 1. The first-order valence-electron chi connectivity index (χ1n) is 5.38. The molecule has 1 N–H and O–H groups in total. The zero-order valence-corrected chi connectivity index (χ0v) is 10.6. The summed E-state index contributed by atoms with van der Waals surface area (Å²) in [5, 5.41) is 2.61. The third kappa shape index (κ3) is 3.58. The van der Waals surface area contributed by atoms with E-state index < -0.39 is 0 Å². The summed E-state index contributed by atoms with van der Waals surface area (Å²) in [4.78, 5) is 21.5. The van der Waals surface area contributed by atoms with Crippen molar-refractivity contribution >= 4 is 11.9 Å². The molecule has 0 aliphatic carbocycles. The molecule has 6 nitrogen and oxygen atoms in total. The van der Waals surface area contributed by atoms with Gasteiger partial charge >= 0.3 is 0 Å². The predicted octanol–water partition coefficient (Wildman–Crippen LogP) is 0.303. The second-order valence-electron chi connectivity index (χ2n) is 3.79. The molecule has 0 spiro atoms. The van der Waals surface area contributed by atoms with Crippen LogP contribution in [-0.4, -0.2) is 43.6 Å². The first-order chi connectivity index (χ1) is 8.08. The number of anilines is 1. The van der Waals surface area contributed by atoms with Crippen LogP contribution in [0.15, 0.2) is 12.3 Å². The van der Waals surface area contributed by atoms with Gasteiger partial charge in [-0.05, 0) is 0 Å². The van der Waals surface area contributed by atoms with E-state index in [9.17, 15) is 4.79 Å². The Kier molecular flexibility index (Phi) is 4.68. The quantitative estimate of drug-likeness (QED) is 0.799. The standard InChI is InChI=1S/C11H18N4O2/c1-8(10(16)12-2)7-15(3)11-13-6-5-9(14-11)17-4/h5-6,8H,7H2,1-4H3,(H,12,16). The van der Waals surface area contributed by atoms with Gasteiger partial charge in [0.15, 0.2) is 0 Å². The van der Waals surface area contributed by atoms with Gasteiger partial charge in [0.05, 0.1) is 13.0 Å². The highest BCUT2D eigenvalue weighted by Crippen LogP contribution is 2.12. The average molecular weight is 238 g/mol. The highest BCUT2D eigenvalue weighted by atomic mass is 16.5. The molecule has 0 saturated heterocycles. The van der Waals surface area contributed by atoms with Crippen molar-refractivity contribution in [1.82, 2.24) is 15.3 Å². The van der Waals surface area contributed by atoms with Crippen LogP contribution in [0.25, 0.3) is 0 Å². The fourth-order valence-electron chi connectivity index (χ4n) is 1.45. The molecule has 0 fully saturated rings. The lowest BCUT2D eigenvalue weighted by atomic mass is 10.1. The summed E-state index contributed by atoms with van der Waals surface area (Å²) in [5.41, 5.74) is 0. The number of carbonyl (C=O) groups excluding carboxylic acids is 1. The number of carbonyl (C=O) groups is 1. The molecule has 1 aromatic heterocycles. The molecule has 1 atom stereocenters. The Morgan fingerprint density at radius 2 is 2.35 bits per heavy atom. The molecule has 0 radical (unpaired) electrons. The van der Waals surface area contributed by atoms with Gasteiger partial charge in [-0.2, -0.15) is 4.98 Å². The number of nitrogens with zero attached hydrogens (tertiary/aromatic N) is 3. The van der Waals surface area contributed by atoms with Crippen molar-refractivity contribution in [3.8, 4) is 5.88 Å². The van der Waals surface area contributed by atoms with Crippen LogP contribution in [0.4, 0.5) is 5.95 Å². The van der Waals surface area contributed by atoms with Gasteiger partial charge in [0.2, 0.25) is 17.7 Å². The van der Waals surface area contributed by atoms with Crippen LogP contribution in [0.2, 0.25) is 0 Å². The van der Waals surface area contributed by atoms with Gasteiger partial charge in [-0.3, -0.25) is 4.79 Å². The van der Waals surface area contributed by atoms with Crippen LogP contribution < -0.4 is 15.0 Å². The first kappa shape index (κ1) is 13.2. The van der Waals surface area contributed by atoms with Gasteiger partial charge in [0, 0.05) is 32.9 Å². The molecule has 0 aliphatic heterocycles. The molecule has 1 unspecified atom stereocenters. The topological polar surface area (TPSA) is 67.4 Å². The van der Waals surface area contributed by atoms with E-state index in [0.717, 1.165) is 0 Å². The smallest absolute Gasteiger partial charge is 0.228 e. The lowest BCUT2D eigenvalue weighted by Crippen LogP contribution is -2.35. The molecule has 1 aromatic rings. The van der Waals surface area contributed by atoms with Crippen molar-refractivity contribution in [1.29, 1.82) is 0 Å². The van der Waals surface area contributed by atoms with E-state index in [2.05, 4.69) is 15.3 Å². The van der Waals surface area contributed by atoms with E-state index in [1.54, 1.807) is 26.4 Å². The predicted molar refractivity (Wildman–Crippen MR) is 65.1 cm³/mol. The van der Waals surface area contributed by atoms with Crippen LogP contribution in [0.1, 0.15) is 6.92 Å². The minimum Gasteiger partial charge on any atom is -0.481 e. The van der Waals surface area contributed by atoms with Crippen molar-refractivity contribution < 1.29 is 9.53 Å². The molecule has 1 heterocycles. The van der Waals surface area contributed by atoms with Gasteiger partial charge in [-0.15, -0.1) is 0 Å². The van der Waals surface area contributed by atoms with E-state index in [-0.39, 0.29) is 11.8 Å². The molecular formula is C11H18N4O2. The van der Waals surface area contributed by atoms with Gasteiger partial charge in [0.1, 0.15) is 0 Å². The van der Waals surface area contributed by atoms with Gasteiger partial charge < -0.3 is 15.0 Å². The van der Waals surface area contributed by atoms with E-state index in [1.807, 2.05) is 18.9 Å². The molecule has 17 heavy (non-hydrogen) atoms. The number of methoxy groups -OCH3 is 1. The Morgan fingerprint density at radius 3 is 2.94 bits per heavy atom. The normalized spacial score (nSPS) is 11.8. The summed E-state index contributed by atoms with van der Waals surface area (Å²) < 4.78 is 5.02. The summed E-state index contributed by atoms with van der Waals surface area (Å²) in [6.45, 7) is 2.41. The molecule has 0 saturated carbocycles. The average Bonchev–Trinajstić information content (AvgIpc) is 2.37. The minimum atomic E-state index is -0.125. The fraction of sp³-hybridized carbons (Fsp3) is 0.545. The lowest BCUT2D eigenvalue weighted by Gasteiger charge is -2.20. The molecule has 0 aliphatic rings. The lowest BCUT2D eigenvalue weighted by molar-refractivity contribution is -0.123. The van der Waals surface area contributed by atoms with E-state index in [4.69, 9.17) is 4.74 Å². The summed E-state index contributed by atoms with van der Waals surface area (Å²) in [6.07, 6.45) is 1.63. The van der Waals surface area contributed by atoms with Crippen molar-refractivity contribution in [2.75, 3.05) is 32.6 Å². The molecule has 1 rings (SSSR count). The van der Waals surface area contributed by atoms with Crippen molar-refractivity contribution in [3.63, 3.8) is 0 Å². The SMILES string of the molecule is CNC(=O)C(C)CN(C)c1nccc(OC)n1. The zero-order chi connectivity index (χ0) is 12.8. The maximum atomic E-state index is 11.4. The Morgan fingerprint density at radius 1 is 1.65 bits per heavy atom. The highest BCUT2D eigenvalue weighted by molar-refractivity contribution is 5.78. The van der Waals surface area contributed by atoms with Crippen LogP contribution in [0, 0.1) is 5.92 Å².